The van der Waals surface area contributed by atoms with Gasteiger partial charge in [0.2, 0.25) is 0 Å². The number of hydrogen-bond acceptors (Lipinski definition) is 4. The molecule has 0 aliphatic heterocycles. The molecular formula is C13H17N3O2S. The predicted molar refractivity (Wildman–Crippen MR) is 74.8 cm³/mol. The Labute approximate surface area is 113 Å². The van der Waals surface area contributed by atoms with Gasteiger partial charge in [-0.1, -0.05) is 19.1 Å². The second-order valence-corrected chi connectivity index (χ2v) is 6.52. The number of rotatable bonds is 5. The lowest BCUT2D eigenvalue weighted by molar-refractivity contribution is 0.597. The van der Waals surface area contributed by atoms with Gasteiger partial charge in [0.1, 0.15) is 0 Å². The summed E-state index contributed by atoms with van der Waals surface area (Å²) in [6, 6.07) is 8.76. The van der Waals surface area contributed by atoms with Crippen molar-refractivity contribution in [1.82, 2.24) is 10.2 Å². The van der Waals surface area contributed by atoms with Gasteiger partial charge in [-0.25, -0.2) is 8.42 Å². The van der Waals surface area contributed by atoms with Gasteiger partial charge in [-0.2, -0.15) is 5.10 Å². The van der Waals surface area contributed by atoms with E-state index in [1.165, 1.54) is 0 Å². The molecule has 0 radical (unpaired) electrons. The third-order valence-corrected chi connectivity index (χ3v) is 4.75. The van der Waals surface area contributed by atoms with Gasteiger partial charge in [0.25, 0.3) is 0 Å². The van der Waals surface area contributed by atoms with E-state index in [9.17, 15) is 8.42 Å². The van der Waals surface area contributed by atoms with Crippen LogP contribution in [0.3, 0.4) is 0 Å². The zero-order valence-corrected chi connectivity index (χ0v) is 11.7. The second-order valence-electron chi connectivity index (χ2n) is 4.28. The monoisotopic (exact) mass is 279 g/mol. The van der Waals surface area contributed by atoms with E-state index < -0.39 is 9.84 Å². The fourth-order valence-corrected chi connectivity index (χ4v) is 2.89. The molecule has 2 rings (SSSR count). The van der Waals surface area contributed by atoms with Crippen LogP contribution in [-0.4, -0.2) is 24.4 Å². The number of H-pyrrole nitrogens is 1. The lowest BCUT2D eigenvalue weighted by atomic mass is 10.2. The van der Waals surface area contributed by atoms with Crippen LogP contribution < -0.4 is 5.32 Å². The van der Waals surface area contributed by atoms with E-state index in [0.29, 0.717) is 10.6 Å². The highest BCUT2D eigenvalue weighted by molar-refractivity contribution is 7.91. The average molecular weight is 279 g/mol. The van der Waals surface area contributed by atoms with E-state index in [1.807, 2.05) is 19.1 Å². The van der Waals surface area contributed by atoms with Crippen molar-refractivity contribution in [3.8, 4) is 0 Å². The van der Waals surface area contributed by atoms with Crippen molar-refractivity contribution in [3.05, 3.63) is 42.2 Å². The van der Waals surface area contributed by atoms with Crippen molar-refractivity contribution in [3.63, 3.8) is 0 Å². The first kappa shape index (κ1) is 13.6. The van der Waals surface area contributed by atoms with Crippen molar-refractivity contribution >= 4 is 15.5 Å². The minimum Gasteiger partial charge on any atom is -0.376 e. The quantitative estimate of drug-likeness (QED) is 0.881. The van der Waals surface area contributed by atoms with E-state index in [1.54, 1.807) is 31.3 Å². The van der Waals surface area contributed by atoms with E-state index in [-0.39, 0.29) is 11.8 Å². The Morgan fingerprint density at radius 2 is 2.05 bits per heavy atom. The van der Waals surface area contributed by atoms with Gasteiger partial charge in [-0.3, -0.25) is 5.10 Å². The highest BCUT2D eigenvalue weighted by atomic mass is 32.2. The molecule has 0 amide bonds. The van der Waals surface area contributed by atoms with Crippen LogP contribution in [0.4, 0.5) is 5.69 Å². The molecule has 1 aromatic heterocycles. The molecule has 1 heterocycles. The van der Waals surface area contributed by atoms with E-state index in [4.69, 9.17) is 0 Å². The Bertz CT molecular complexity index is 636. The molecule has 6 heteroatoms. The molecule has 1 unspecified atom stereocenters. The zero-order chi connectivity index (χ0) is 13.9. The molecule has 2 aromatic rings. The summed E-state index contributed by atoms with van der Waals surface area (Å²) in [6.45, 7) is 3.59. The number of sulfone groups is 1. The highest BCUT2D eigenvalue weighted by Gasteiger charge is 2.17. The Morgan fingerprint density at radius 1 is 1.32 bits per heavy atom. The third kappa shape index (κ3) is 2.96. The maximum Gasteiger partial charge on any atom is 0.180 e. The minimum absolute atomic E-state index is 0.0456. The van der Waals surface area contributed by atoms with E-state index >= 15 is 0 Å². The Balaban J connectivity index is 2.31. The number of para-hydroxylation sites is 1. The fourth-order valence-electron chi connectivity index (χ4n) is 1.83. The Morgan fingerprint density at radius 3 is 2.68 bits per heavy atom. The SMILES string of the molecule is CCS(=O)(=O)c1ccccc1NC(C)c1ccn[nH]1. The van der Waals surface area contributed by atoms with Crippen LogP contribution in [0.25, 0.3) is 0 Å². The molecule has 0 saturated heterocycles. The van der Waals surface area contributed by atoms with Crippen molar-refractivity contribution in [2.45, 2.75) is 24.8 Å². The number of benzene rings is 1. The standard InChI is InChI=1S/C13H17N3O2S/c1-3-19(17,18)13-7-5-4-6-12(13)15-10(2)11-8-9-14-16-11/h4-10,15H,3H2,1-2H3,(H,14,16). The molecule has 1 atom stereocenters. The normalized spacial score (nSPS) is 13.2. The minimum atomic E-state index is -3.23. The first-order valence-electron chi connectivity index (χ1n) is 6.12. The van der Waals surface area contributed by atoms with E-state index in [2.05, 4.69) is 15.5 Å². The Hall–Kier alpha value is -1.82. The predicted octanol–water partition coefficient (Wildman–Crippen LogP) is 2.38. The second kappa shape index (κ2) is 5.44. The molecule has 1 aromatic carbocycles. The molecule has 0 aliphatic carbocycles. The topological polar surface area (TPSA) is 74.8 Å². The molecule has 0 bridgehead atoms. The number of nitrogens with one attached hydrogen (secondary N) is 2. The van der Waals surface area contributed by atoms with Crippen LogP contribution >= 0.6 is 0 Å². The summed E-state index contributed by atoms with van der Waals surface area (Å²) >= 11 is 0. The van der Waals surface area contributed by atoms with Crippen LogP contribution in [-0.2, 0) is 9.84 Å². The van der Waals surface area contributed by atoms with E-state index in [0.717, 1.165) is 5.69 Å². The number of anilines is 1. The number of aromatic amines is 1. The van der Waals surface area contributed by atoms with Crippen LogP contribution in [0.2, 0.25) is 0 Å². The summed E-state index contributed by atoms with van der Waals surface area (Å²) in [7, 11) is -3.23. The summed E-state index contributed by atoms with van der Waals surface area (Å²) in [5.41, 5.74) is 1.52. The maximum atomic E-state index is 12.0. The van der Waals surface area contributed by atoms with Gasteiger partial charge in [0.05, 0.1) is 28.1 Å². The largest absolute Gasteiger partial charge is 0.376 e. The van der Waals surface area contributed by atoms with Crippen molar-refractivity contribution in [2.75, 3.05) is 11.1 Å². The van der Waals surface area contributed by atoms with Crippen LogP contribution in [0, 0.1) is 0 Å². The Kier molecular flexibility index (Phi) is 3.90. The van der Waals surface area contributed by atoms with Gasteiger partial charge >= 0.3 is 0 Å². The number of nitrogens with zero attached hydrogens (tertiary/aromatic N) is 1. The lowest BCUT2D eigenvalue weighted by Gasteiger charge is -2.16. The first-order chi connectivity index (χ1) is 9.04. The molecular weight excluding hydrogens is 262 g/mol. The van der Waals surface area contributed by atoms with Crippen LogP contribution in [0.15, 0.2) is 41.4 Å². The summed E-state index contributed by atoms with van der Waals surface area (Å²) in [5, 5.41) is 9.96. The molecule has 19 heavy (non-hydrogen) atoms. The van der Waals surface area contributed by atoms with Gasteiger partial charge < -0.3 is 5.32 Å². The van der Waals surface area contributed by atoms with Gasteiger partial charge in [0.15, 0.2) is 9.84 Å². The average Bonchev–Trinajstić information content (AvgIpc) is 2.93. The zero-order valence-electron chi connectivity index (χ0n) is 10.9. The van der Waals surface area contributed by atoms with Crippen LogP contribution in [0.1, 0.15) is 25.6 Å². The van der Waals surface area contributed by atoms with Gasteiger partial charge in [-0.15, -0.1) is 0 Å². The first-order valence-corrected chi connectivity index (χ1v) is 7.77. The lowest BCUT2D eigenvalue weighted by Crippen LogP contribution is -2.12. The maximum absolute atomic E-state index is 12.0. The fraction of sp³-hybridized carbons (Fsp3) is 0.308. The summed E-state index contributed by atoms with van der Waals surface area (Å²) < 4.78 is 24.1. The summed E-state index contributed by atoms with van der Waals surface area (Å²) in [5.74, 6) is 0.0874. The number of hydrogen-bond donors (Lipinski definition) is 2. The summed E-state index contributed by atoms with van der Waals surface area (Å²) in [6.07, 6.45) is 1.67. The third-order valence-electron chi connectivity index (χ3n) is 2.96. The molecule has 5 nitrogen and oxygen atoms in total. The number of aromatic nitrogens is 2. The summed E-state index contributed by atoms with van der Waals surface area (Å²) in [4.78, 5) is 0.337. The molecule has 2 N–H and O–H groups in total. The molecule has 102 valence electrons. The van der Waals surface area contributed by atoms with Gasteiger partial charge in [-0.05, 0) is 25.1 Å². The van der Waals surface area contributed by atoms with Crippen molar-refractivity contribution in [2.24, 2.45) is 0 Å². The molecule has 0 aliphatic rings. The highest BCUT2D eigenvalue weighted by Crippen LogP contribution is 2.25. The molecule has 0 spiro atoms. The molecule has 0 fully saturated rings. The van der Waals surface area contributed by atoms with Crippen molar-refractivity contribution < 1.29 is 8.42 Å². The van der Waals surface area contributed by atoms with Crippen molar-refractivity contribution in [1.29, 1.82) is 0 Å². The molecule has 0 saturated carbocycles. The van der Waals surface area contributed by atoms with Crippen LogP contribution in [0.5, 0.6) is 0 Å². The van der Waals surface area contributed by atoms with Gasteiger partial charge in [0, 0.05) is 6.20 Å². The smallest absolute Gasteiger partial charge is 0.180 e.